The van der Waals surface area contributed by atoms with Gasteiger partial charge >= 0.3 is 0 Å². The standard InChI is InChI=1S/C12H20N4O/c1-13-14-5-2-6-15-7-9-16(10-8-15)12(17)11-3-4-11/h2,5-6,11,13H,3-4,7-10H2,1H3/b6-2+,14-5-. The lowest BCUT2D eigenvalue weighted by Gasteiger charge is -2.34. The number of amides is 1. The molecule has 0 radical (unpaired) electrons. The third-order valence-electron chi connectivity index (χ3n) is 3.14. The zero-order valence-electron chi connectivity index (χ0n) is 10.3. The molecule has 0 aromatic rings. The molecule has 0 aromatic carbocycles. The van der Waals surface area contributed by atoms with Crippen molar-refractivity contribution in [1.29, 1.82) is 0 Å². The summed E-state index contributed by atoms with van der Waals surface area (Å²) in [6.45, 7) is 3.54. The number of nitrogens with zero attached hydrogens (tertiary/aromatic N) is 3. The van der Waals surface area contributed by atoms with Gasteiger partial charge in [0.05, 0.1) is 0 Å². The molecule has 2 fully saturated rings. The van der Waals surface area contributed by atoms with Gasteiger partial charge in [0, 0.05) is 51.6 Å². The summed E-state index contributed by atoms with van der Waals surface area (Å²) in [6.07, 6.45) is 7.86. The molecule has 2 rings (SSSR count). The Kier molecular flexibility index (Phi) is 4.01. The number of hydrogen-bond donors (Lipinski definition) is 1. The van der Waals surface area contributed by atoms with Gasteiger partial charge in [0.1, 0.15) is 0 Å². The van der Waals surface area contributed by atoms with Gasteiger partial charge in [-0.1, -0.05) is 0 Å². The van der Waals surface area contributed by atoms with E-state index in [0.717, 1.165) is 39.0 Å². The topological polar surface area (TPSA) is 47.9 Å². The van der Waals surface area contributed by atoms with Crippen LogP contribution in [0, 0.1) is 5.92 Å². The average Bonchev–Trinajstić information content (AvgIpc) is 3.19. The molecule has 1 saturated carbocycles. The molecule has 1 saturated heterocycles. The highest BCUT2D eigenvalue weighted by Gasteiger charge is 2.34. The fraction of sp³-hybridized carbons (Fsp3) is 0.667. The molecule has 1 N–H and O–H groups in total. The zero-order chi connectivity index (χ0) is 12.1. The van der Waals surface area contributed by atoms with Gasteiger partial charge in [-0.05, 0) is 18.9 Å². The average molecular weight is 236 g/mol. The smallest absolute Gasteiger partial charge is 0.225 e. The van der Waals surface area contributed by atoms with Gasteiger partial charge in [0.25, 0.3) is 0 Å². The van der Waals surface area contributed by atoms with E-state index in [1.165, 1.54) is 0 Å². The van der Waals surface area contributed by atoms with Crippen molar-refractivity contribution in [2.75, 3.05) is 33.2 Å². The molecule has 1 amide bonds. The van der Waals surface area contributed by atoms with E-state index in [1.54, 1.807) is 13.3 Å². The van der Waals surface area contributed by atoms with Gasteiger partial charge < -0.3 is 15.2 Å². The van der Waals surface area contributed by atoms with Crippen LogP contribution < -0.4 is 5.43 Å². The van der Waals surface area contributed by atoms with E-state index in [4.69, 9.17) is 0 Å². The number of carbonyl (C=O) groups is 1. The van der Waals surface area contributed by atoms with E-state index in [2.05, 4.69) is 15.4 Å². The Bertz CT molecular complexity index is 314. The maximum Gasteiger partial charge on any atom is 0.225 e. The van der Waals surface area contributed by atoms with Crippen molar-refractivity contribution in [1.82, 2.24) is 15.2 Å². The highest BCUT2D eigenvalue weighted by atomic mass is 16.2. The number of rotatable bonds is 4. The van der Waals surface area contributed by atoms with Crippen molar-refractivity contribution in [3.63, 3.8) is 0 Å². The molecule has 0 bridgehead atoms. The van der Waals surface area contributed by atoms with Crippen LogP contribution in [0.15, 0.2) is 17.4 Å². The van der Waals surface area contributed by atoms with Gasteiger partial charge in [-0.2, -0.15) is 5.10 Å². The van der Waals surface area contributed by atoms with E-state index < -0.39 is 0 Å². The van der Waals surface area contributed by atoms with Crippen molar-refractivity contribution >= 4 is 12.1 Å². The maximum absolute atomic E-state index is 11.8. The van der Waals surface area contributed by atoms with Gasteiger partial charge in [-0.15, -0.1) is 0 Å². The Morgan fingerprint density at radius 1 is 1.29 bits per heavy atom. The number of hydrazone groups is 1. The fourth-order valence-electron chi connectivity index (χ4n) is 1.96. The Balaban J connectivity index is 1.71. The van der Waals surface area contributed by atoms with Gasteiger partial charge in [0.15, 0.2) is 0 Å². The maximum atomic E-state index is 11.8. The van der Waals surface area contributed by atoms with Crippen molar-refractivity contribution in [2.24, 2.45) is 11.0 Å². The van der Waals surface area contributed by atoms with E-state index in [0.29, 0.717) is 11.8 Å². The summed E-state index contributed by atoms with van der Waals surface area (Å²) in [6, 6.07) is 0. The summed E-state index contributed by atoms with van der Waals surface area (Å²) in [5, 5.41) is 3.88. The first-order chi connectivity index (χ1) is 8.31. The quantitative estimate of drug-likeness (QED) is 0.562. The van der Waals surface area contributed by atoms with Gasteiger partial charge in [-0.25, -0.2) is 0 Å². The molecular weight excluding hydrogens is 216 g/mol. The molecule has 5 nitrogen and oxygen atoms in total. The fourth-order valence-corrected chi connectivity index (χ4v) is 1.96. The minimum atomic E-state index is 0.347. The molecule has 0 spiro atoms. The van der Waals surface area contributed by atoms with Crippen LogP contribution in [-0.4, -0.2) is 55.1 Å². The second-order valence-electron chi connectivity index (χ2n) is 4.48. The molecule has 1 aliphatic heterocycles. The second kappa shape index (κ2) is 5.70. The van der Waals surface area contributed by atoms with E-state index in [9.17, 15) is 4.79 Å². The molecular formula is C12H20N4O. The number of hydrogen-bond acceptors (Lipinski definition) is 4. The van der Waals surface area contributed by atoms with Crippen molar-refractivity contribution < 1.29 is 4.79 Å². The lowest BCUT2D eigenvalue weighted by atomic mass is 10.2. The summed E-state index contributed by atoms with van der Waals surface area (Å²) in [7, 11) is 1.77. The summed E-state index contributed by atoms with van der Waals surface area (Å²) in [5.41, 5.74) is 2.69. The van der Waals surface area contributed by atoms with Gasteiger partial charge in [0.2, 0.25) is 5.91 Å². The molecule has 0 aromatic heterocycles. The van der Waals surface area contributed by atoms with Gasteiger partial charge in [-0.3, -0.25) is 4.79 Å². The molecule has 94 valence electrons. The van der Waals surface area contributed by atoms with Crippen LogP contribution in [0.3, 0.4) is 0 Å². The largest absolute Gasteiger partial charge is 0.374 e. The Morgan fingerprint density at radius 3 is 2.59 bits per heavy atom. The highest BCUT2D eigenvalue weighted by molar-refractivity contribution is 5.81. The van der Waals surface area contributed by atoms with Crippen molar-refractivity contribution in [2.45, 2.75) is 12.8 Å². The van der Waals surface area contributed by atoms with E-state index >= 15 is 0 Å². The molecule has 1 aliphatic carbocycles. The second-order valence-corrected chi connectivity index (χ2v) is 4.48. The summed E-state index contributed by atoms with van der Waals surface area (Å²) < 4.78 is 0. The lowest BCUT2D eigenvalue weighted by Crippen LogP contribution is -2.47. The van der Waals surface area contributed by atoms with Crippen LogP contribution in [0.2, 0.25) is 0 Å². The van der Waals surface area contributed by atoms with Crippen LogP contribution in [0.4, 0.5) is 0 Å². The van der Waals surface area contributed by atoms with Crippen LogP contribution in [0.1, 0.15) is 12.8 Å². The Hall–Kier alpha value is -1.52. The first-order valence-electron chi connectivity index (χ1n) is 6.20. The van der Waals surface area contributed by atoms with Crippen LogP contribution in [-0.2, 0) is 4.79 Å². The monoisotopic (exact) mass is 236 g/mol. The molecule has 2 aliphatic rings. The van der Waals surface area contributed by atoms with Crippen molar-refractivity contribution in [3.05, 3.63) is 12.3 Å². The van der Waals surface area contributed by atoms with Crippen LogP contribution >= 0.6 is 0 Å². The Morgan fingerprint density at radius 2 is 2.00 bits per heavy atom. The summed E-state index contributed by atoms with van der Waals surface area (Å²) in [5.74, 6) is 0.713. The summed E-state index contributed by atoms with van der Waals surface area (Å²) in [4.78, 5) is 16.1. The number of carbonyl (C=O) groups excluding carboxylic acids is 1. The minimum absolute atomic E-state index is 0.347. The molecule has 1 heterocycles. The Labute approximate surface area is 102 Å². The zero-order valence-corrected chi connectivity index (χ0v) is 10.3. The molecule has 0 unspecified atom stereocenters. The molecule has 0 atom stereocenters. The minimum Gasteiger partial charge on any atom is -0.374 e. The first kappa shape index (κ1) is 12.0. The predicted octanol–water partition coefficient (Wildman–Crippen LogP) is 0.259. The molecule has 5 heteroatoms. The highest BCUT2D eigenvalue weighted by Crippen LogP contribution is 2.31. The third-order valence-corrected chi connectivity index (χ3v) is 3.14. The SMILES string of the molecule is CN/N=C\C=C\N1CCN(C(=O)C2CC2)CC1. The predicted molar refractivity (Wildman–Crippen MR) is 67.6 cm³/mol. The van der Waals surface area contributed by atoms with Crippen LogP contribution in [0.5, 0.6) is 0 Å². The van der Waals surface area contributed by atoms with E-state index in [-0.39, 0.29) is 0 Å². The lowest BCUT2D eigenvalue weighted by molar-refractivity contribution is -0.133. The van der Waals surface area contributed by atoms with E-state index in [1.807, 2.05) is 17.2 Å². The number of piperazine rings is 1. The van der Waals surface area contributed by atoms with Crippen LogP contribution in [0.25, 0.3) is 0 Å². The first-order valence-corrected chi connectivity index (χ1v) is 6.20. The number of allylic oxidation sites excluding steroid dienone is 1. The van der Waals surface area contributed by atoms with Crippen molar-refractivity contribution in [3.8, 4) is 0 Å². The summed E-state index contributed by atoms with van der Waals surface area (Å²) >= 11 is 0. The normalized spacial score (nSPS) is 21.5. The number of nitrogens with one attached hydrogen (secondary N) is 1. The molecule has 17 heavy (non-hydrogen) atoms. The third kappa shape index (κ3) is 3.47.